The summed E-state index contributed by atoms with van der Waals surface area (Å²) in [6.45, 7) is 8.41. The third kappa shape index (κ3) is 1.63. The van der Waals surface area contributed by atoms with Crippen LogP contribution in [-0.2, 0) is 10.2 Å². The van der Waals surface area contributed by atoms with Gasteiger partial charge >= 0.3 is 0 Å². The molecule has 0 spiro atoms. The van der Waals surface area contributed by atoms with Crippen LogP contribution in [0.15, 0.2) is 28.3 Å². The molecule has 2 heterocycles. The monoisotopic (exact) mass is 263 g/mol. The van der Waals surface area contributed by atoms with E-state index in [4.69, 9.17) is 4.99 Å². The smallest absolute Gasteiger partial charge is 0.155 e. The van der Waals surface area contributed by atoms with Gasteiger partial charge in [-0.1, -0.05) is 13.8 Å². The fraction of sp³-hybridized carbons (Fsp3) is 0.429. The number of carbonyl (C=O) groups is 1. The first-order chi connectivity index (χ1) is 8.35. The molecule has 1 N–H and O–H groups in total. The number of thiophene rings is 1. The average molecular weight is 263 g/mol. The van der Waals surface area contributed by atoms with E-state index in [1.165, 1.54) is 5.56 Å². The molecule has 0 aromatic carbocycles. The lowest BCUT2D eigenvalue weighted by atomic mass is 9.68. The molecule has 0 radical (unpaired) electrons. The fourth-order valence-electron chi connectivity index (χ4n) is 2.13. The number of carbonyl (C=O) groups excluding carboxylic acids is 1. The molecule has 1 aromatic rings. The van der Waals surface area contributed by atoms with E-state index in [0.29, 0.717) is 12.0 Å². The Hall–Kier alpha value is -1.42. The Morgan fingerprint density at radius 1 is 1.39 bits per heavy atom. The predicted octanol–water partition coefficient (Wildman–Crippen LogP) is 3.25. The van der Waals surface area contributed by atoms with Gasteiger partial charge in [0.25, 0.3) is 0 Å². The number of aldehydes is 1. The van der Waals surface area contributed by atoms with Crippen LogP contribution in [0.1, 0.15) is 38.1 Å². The molecule has 0 saturated heterocycles. The van der Waals surface area contributed by atoms with E-state index in [9.17, 15) is 9.90 Å². The zero-order valence-corrected chi connectivity index (χ0v) is 11.8. The van der Waals surface area contributed by atoms with E-state index in [1.807, 2.05) is 19.2 Å². The average Bonchev–Trinajstić information content (AvgIpc) is 2.77. The predicted molar refractivity (Wildman–Crippen MR) is 74.7 cm³/mol. The van der Waals surface area contributed by atoms with Gasteiger partial charge in [0.1, 0.15) is 0 Å². The van der Waals surface area contributed by atoms with Crippen molar-refractivity contribution < 1.29 is 9.90 Å². The second kappa shape index (κ2) is 4.05. The SMILES string of the molecule is CC1(C)N=C(C(C=O)=CO)c2sccc2C1(C)C. The molecule has 0 aliphatic carbocycles. The van der Waals surface area contributed by atoms with Crippen LogP contribution < -0.4 is 0 Å². The topological polar surface area (TPSA) is 49.7 Å². The van der Waals surface area contributed by atoms with Crippen molar-refractivity contribution in [3.05, 3.63) is 33.7 Å². The van der Waals surface area contributed by atoms with Gasteiger partial charge in [0.05, 0.1) is 28.0 Å². The van der Waals surface area contributed by atoms with Crippen LogP contribution in [0.2, 0.25) is 0 Å². The lowest BCUT2D eigenvalue weighted by molar-refractivity contribution is -0.104. The van der Waals surface area contributed by atoms with E-state index >= 15 is 0 Å². The first-order valence-electron chi connectivity index (χ1n) is 5.83. The highest BCUT2D eigenvalue weighted by molar-refractivity contribution is 7.12. The number of fused-ring (bicyclic) bond motifs is 1. The first-order valence-corrected chi connectivity index (χ1v) is 6.71. The molecule has 96 valence electrons. The van der Waals surface area contributed by atoms with Gasteiger partial charge in [0.15, 0.2) is 6.29 Å². The second-order valence-corrected chi connectivity index (χ2v) is 6.43. The number of hydrogen-bond acceptors (Lipinski definition) is 4. The molecule has 0 bridgehead atoms. The van der Waals surface area contributed by atoms with Gasteiger partial charge in [0, 0.05) is 5.41 Å². The summed E-state index contributed by atoms with van der Waals surface area (Å²) >= 11 is 1.55. The van der Waals surface area contributed by atoms with Crippen LogP contribution in [0.25, 0.3) is 0 Å². The van der Waals surface area contributed by atoms with Gasteiger partial charge in [-0.05, 0) is 30.9 Å². The van der Waals surface area contributed by atoms with Crippen LogP contribution in [0.3, 0.4) is 0 Å². The van der Waals surface area contributed by atoms with Crippen molar-refractivity contribution in [3.63, 3.8) is 0 Å². The van der Waals surface area contributed by atoms with Gasteiger partial charge in [-0.2, -0.15) is 0 Å². The number of aliphatic hydroxyl groups is 1. The Kier molecular flexibility index (Phi) is 2.93. The maximum Gasteiger partial charge on any atom is 0.155 e. The van der Waals surface area contributed by atoms with E-state index in [1.54, 1.807) is 11.3 Å². The Morgan fingerprint density at radius 3 is 2.61 bits per heavy atom. The second-order valence-electron chi connectivity index (χ2n) is 5.51. The summed E-state index contributed by atoms with van der Waals surface area (Å²) in [5, 5.41) is 11.2. The quantitative estimate of drug-likeness (QED) is 0.506. The number of nitrogens with zero attached hydrogens (tertiary/aromatic N) is 1. The van der Waals surface area contributed by atoms with E-state index in [2.05, 4.69) is 19.9 Å². The number of hydrogen-bond donors (Lipinski definition) is 1. The van der Waals surface area contributed by atoms with Crippen LogP contribution >= 0.6 is 11.3 Å². The summed E-state index contributed by atoms with van der Waals surface area (Å²) in [4.78, 5) is 16.7. The first kappa shape index (κ1) is 13.0. The maximum absolute atomic E-state index is 11.0. The Labute approximate surface area is 111 Å². The fourth-order valence-corrected chi connectivity index (χ4v) is 3.19. The summed E-state index contributed by atoms with van der Waals surface area (Å²) in [5.74, 6) is 0. The Bertz CT molecular complexity index is 550. The minimum Gasteiger partial charge on any atom is -0.515 e. The van der Waals surface area contributed by atoms with Crippen molar-refractivity contribution in [2.75, 3.05) is 0 Å². The van der Waals surface area contributed by atoms with Crippen LogP contribution in [0.5, 0.6) is 0 Å². The Balaban J connectivity index is 2.71. The molecule has 0 unspecified atom stereocenters. The number of rotatable bonds is 2. The van der Waals surface area contributed by atoms with Gasteiger partial charge in [-0.25, -0.2) is 0 Å². The zero-order valence-electron chi connectivity index (χ0n) is 11.0. The number of aliphatic imine (C=N–C) groups is 1. The summed E-state index contributed by atoms with van der Waals surface area (Å²) in [6, 6.07) is 2.08. The van der Waals surface area contributed by atoms with Crippen molar-refractivity contribution in [1.29, 1.82) is 0 Å². The van der Waals surface area contributed by atoms with Gasteiger partial charge < -0.3 is 5.11 Å². The molecule has 2 rings (SSSR count). The lowest BCUT2D eigenvalue weighted by Gasteiger charge is -2.42. The summed E-state index contributed by atoms with van der Waals surface area (Å²) in [6.07, 6.45) is 1.49. The van der Waals surface area contributed by atoms with Crippen LogP contribution in [0.4, 0.5) is 0 Å². The van der Waals surface area contributed by atoms with Crippen molar-refractivity contribution in [2.45, 2.75) is 38.6 Å². The van der Waals surface area contributed by atoms with E-state index < -0.39 is 0 Å². The van der Waals surface area contributed by atoms with Crippen molar-refractivity contribution in [2.24, 2.45) is 4.99 Å². The van der Waals surface area contributed by atoms with Crippen LogP contribution in [-0.4, -0.2) is 22.6 Å². The molecular formula is C14H17NO2S. The number of allylic oxidation sites excluding steroid dienone is 1. The molecule has 1 aliphatic heterocycles. The summed E-state index contributed by atoms with van der Waals surface area (Å²) in [7, 11) is 0. The standard InChI is InChI=1S/C14H17NO2S/c1-13(2)10-5-6-18-12(10)11(9(7-16)8-17)15-14(13,3)4/h5-8,16H,1-4H3. The van der Waals surface area contributed by atoms with Crippen molar-refractivity contribution in [3.8, 4) is 0 Å². The molecule has 0 atom stereocenters. The van der Waals surface area contributed by atoms with Crippen molar-refractivity contribution in [1.82, 2.24) is 0 Å². The maximum atomic E-state index is 11.0. The Morgan fingerprint density at radius 2 is 2.06 bits per heavy atom. The third-order valence-corrected chi connectivity index (χ3v) is 4.94. The zero-order chi connectivity index (χ0) is 13.6. The molecule has 3 nitrogen and oxygen atoms in total. The van der Waals surface area contributed by atoms with Gasteiger partial charge in [-0.3, -0.25) is 9.79 Å². The molecule has 4 heteroatoms. The molecular weight excluding hydrogens is 246 g/mol. The highest BCUT2D eigenvalue weighted by Gasteiger charge is 2.44. The van der Waals surface area contributed by atoms with Crippen molar-refractivity contribution >= 4 is 23.3 Å². The van der Waals surface area contributed by atoms with Gasteiger partial charge in [-0.15, -0.1) is 11.3 Å². The summed E-state index contributed by atoms with van der Waals surface area (Å²) in [5.41, 5.74) is 1.59. The molecule has 0 amide bonds. The minimum atomic E-state index is -0.326. The summed E-state index contributed by atoms with van der Waals surface area (Å²) < 4.78 is 0. The van der Waals surface area contributed by atoms with E-state index in [0.717, 1.165) is 11.1 Å². The van der Waals surface area contributed by atoms with E-state index in [-0.39, 0.29) is 16.5 Å². The minimum absolute atomic E-state index is 0.102. The third-order valence-electron chi connectivity index (χ3n) is 4.01. The molecule has 0 saturated carbocycles. The molecule has 1 aliphatic rings. The highest BCUT2D eigenvalue weighted by atomic mass is 32.1. The normalized spacial score (nSPS) is 21.1. The number of aliphatic hydroxyl groups excluding tert-OH is 1. The van der Waals surface area contributed by atoms with Crippen LogP contribution in [0, 0.1) is 0 Å². The molecule has 0 fully saturated rings. The van der Waals surface area contributed by atoms with Gasteiger partial charge in [0.2, 0.25) is 0 Å². The molecule has 1 aromatic heterocycles. The molecule has 18 heavy (non-hydrogen) atoms. The lowest BCUT2D eigenvalue weighted by Crippen LogP contribution is -2.45. The highest BCUT2D eigenvalue weighted by Crippen LogP contribution is 2.45. The largest absolute Gasteiger partial charge is 0.515 e.